The maximum absolute atomic E-state index is 3.51. The summed E-state index contributed by atoms with van der Waals surface area (Å²) in [5.74, 6) is 0.744. The third-order valence-electron chi connectivity index (χ3n) is 2.83. The van der Waals surface area contributed by atoms with Crippen molar-refractivity contribution in [2.75, 3.05) is 74.0 Å². The molecule has 0 saturated carbocycles. The summed E-state index contributed by atoms with van der Waals surface area (Å²) in [5, 5.41) is 3.51. The van der Waals surface area contributed by atoms with Crippen LogP contribution in [0.15, 0.2) is 0 Å². The van der Waals surface area contributed by atoms with Crippen molar-refractivity contribution in [1.82, 2.24) is 20.0 Å². The molecule has 0 aromatic carbocycles. The smallest absolute Gasteiger partial charge is 0.0110 e. The number of rotatable bonds is 11. The van der Waals surface area contributed by atoms with E-state index in [1.165, 1.54) is 13.1 Å². The Labute approximate surface area is 114 Å². The fourth-order valence-electron chi connectivity index (χ4n) is 1.82. The molecular weight excluding hydrogens is 224 g/mol. The summed E-state index contributed by atoms with van der Waals surface area (Å²) >= 11 is 0. The lowest BCUT2D eigenvalue weighted by Crippen LogP contribution is -2.39. The Morgan fingerprint density at radius 2 is 1.33 bits per heavy atom. The second-order valence-electron chi connectivity index (χ2n) is 6.05. The molecule has 0 aliphatic carbocycles. The van der Waals surface area contributed by atoms with E-state index in [2.05, 4.69) is 62.1 Å². The summed E-state index contributed by atoms with van der Waals surface area (Å²) in [7, 11) is 8.51. The molecule has 110 valence electrons. The Morgan fingerprint density at radius 3 is 1.83 bits per heavy atom. The van der Waals surface area contributed by atoms with Crippen molar-refractivity contribution in [3.63, 3.8) is 0 Å². The Kier molecular flexibility index (Phi) is 10.6. The van der Waals surface area contributed by atoms with Crippen LogP contribution >= 0.6 is 0 Å². The minimum Gasteiger partial charge on any atom is -0.314 e. The van der Waals surface area contributed by atoms with Gasteiger partial charge in [0.1, 0.15) is 0 Å². The highest BCUT2D eigenvalue weighted by Crippen LogP contribution is 1.98. The van der Waals surface area contributed by atoms with Crippen molar-refractivity contribution in [2.45, 2.75) is 13.8 Å². The molecule has 18 heavy (non-hydrogen) atoms. The molecule has 0 rings (SSSR count). The van der Waals surface area contributed by atoms with E-state index in [9.17, 15) is 0 Å². The highest BCUT2D eigenvalue weighted by molar-refractivity contribution is 4.64. The summed E-state index contributed by atoms with van der Waals surface area (Å²) in [6.45, 7) is 12.5. The van der Waals surface area contributed by atoms with E-state index in [0.717, 1.165) is 38.6 Å². The Balaban J connectivity index is 3.72. The van der Waals surface area contributed by atoms with Gasteiger partial charge in [-0.05, 0) is 34.1 Å². The minimum absolute atomic E-state index is 0.744. The molecule has 4 heteroatoms. The van der Waals surface area contributed by atoms with E-state index in [4.69, 9.17) is 0 Å². The third-order valence-corrected chi connectivity index (χ3v) is 2.83. The maximum atomic E-state index is 3.51. The standard InChI is InChI=1S/C14H34N4/c1-14(2)13-18(12-11-17(5)6)10-8-15-7-9-16(3)4/h14-15H,7-13H2,1-6H3. The predicted octanol–water partition coefficient (Wildman–Crippen LogP) is 0.657. The summed E-state index contributed by atoms with van der Waals surface area (Å²) in [4.78, 5) is 7.03. The topological polar surface area (TPSA) is 21.8 Å². The van der Waals surface area contributed by atoms with Crippen LogP contribution in [0.4, 0.5) is 0 Å². The van der Waals surface area contributed by atoms with Gasteiger partial charge in [0.15, 0.2) is 0 Å². The Morgan fingerprint density at radius 1 is 0.778 bits per heavy atom. The van der Waals surface area contributed by atoms with E-state index in [1.54, 1.807) is 0 Å². The maximum Gasteiger partial charge on any atom is 0.0110 e. The lowest BCUT2D eigenvalue weighted by molar-refractivity contribution is 0.218. The van der Waals surface area contributed by atoms with Crippen LogP contribution in [0.1, 0.15) is 13.8 Å². The molecule has 0 aromatic rings. The first-order chi connectivity index (χ1) is 8.41. The summed E-state index contributed by atoms with van der Waals surface area (Å²) in [6.07, 6.45) is 0. The van der Waals surface area contributed by atoms with Crippen molar-refractivity contribution in [3.05, 3.63) is 0 Å². The Bertz CT molecular complexity index is 181. The van der Waals surface area contributed by atoms with Gasteiger partial charge in [0.05, 0.1) is 0 Å². The quantitative estimate of drug-likeness (QED) is 0.550. The van der Waals surface area contributed by atoms with E-state index < -0.39 is 0 Å². The molecule has 0 aromatic heterocycles. The molecule has 0 bridgehead atoms. The molecule has 0 amide bonds. The van der Waals surface area contributed by atoms with Crippen LogP contribution in [0.25, 0.3) is 0 Å². The second kappa shape index (κ2) is 10.7. The molecule has 0 spiro atoms. The molecule has 1 N–H and O–H groups in total. The number of hydrogen-bond acceptors (Lipinski definition) is 4. The molecule has 4 nitrogen and oxygen atoms in total. The van der Waals surface area contributed by atoms with E-state index >= 15 is 0 Å². The lowest BCUT2D eigenvalue weighted by Gasteiger charge is -2.26. The fourth-order valence-corrected chi connectivity index (χ4v) is 1.82. The number of likely N-dealkylation sites (N-methyl/N-ethyl adjacent to an activating group) is 2. The number of hydrogen-bond donors (Lipinski definition) is 1. The average molecular weight is 258 g/mol. The van der Waals surface area contributed by atoms with Gasteiger partial charge in [-0.1, -0.05) is 13.8 Å². The molecule has 0 saturated heterocycles. The Hall–Kier alpha value is -0.160. The molecule has 0 aliphatic heterocycles. The van der Waals surface area contributed by atoms with Crippen LogP contribution < -0.4 is 5.32 Å². The first-order valence-corrected chi connectivity index (χ1v) is 7.14. The molecule has 0 atom stereocenters. The van der Waals surface area contributed by atoms with Gasteiger partial charge in [-0.15, -0.1) is 0 Å². The molecule has 0 radical (unpaired) electrons. The zero-order valence-electron chi connectivity index (χ0n) is 13.4. The highest BCUT2D eigenvalue weighted by atomic mass is 15.2. The van der Waals surface area contributed by atoms with E-state index in [1.807, 2.05) is 0 Å². The van der Waals surface area contributed by atoms with E-state index in [-0.39, 0.29) is 0 Å². The zero-order chi connectivity index (χ0) is 14.0. The van der Waals surface area contributed by atoms with Crippen molar-refractivity contribution >= 4 is 0 Å². The van der Waals surface area contributed by atoms with Gasteiger partial charge in [-0.2, -0.15) is 0 Å². The van der Waals surface area contributed by atoms with Gasteiger partial charge < -0.3 is 20.0 Å². The van der Waals surface area contributed by atoms with Crippen LogP contribution in [-0.4, -0.2) is 88.7 Å². The van der Waals surface area contributed by atoms with Crippen molar-refractivity contribution in [3.8, 4) is 0 Å². The van der Waals surface area contributed by atoms with Crippen LogP contribution in [0.2, 0.25) is 0 Å². The third kappa shape index (κ3) is 12.3. The monoisotopic (exact) mass is 258 g/mol. The predicted molar refractivity (Wildman–Crippen MR) is 81.3 cm³/mol. The van der Waals surface area contributed by atoms with Gasteiger partial charge in [-0.25, -0.2) is 0 Å². The summed E-state index contributed by atoms with van der Waals surface area (Å²) < 4.78 is 0. The van der Waals surface area contributed by atoms with Gasteiger partial charge in [0.25, 0.3) is 0 Å². The molecule has 0 heterocycles. The summed E-state index contributed by atoms with van der Waals surface area (Å²) in [6, 6.07) is 0. The van der Waals surface area contributed by atoms with Crippen molar-refractivity contribution in [1.29, 1.82) is 0 Å². The minimum atomic E-state index is 0.744. The first-order valence-electron chi connectivity index (χ1n) is 7.14. The summed E-state index contributed by atoms with van der Waals surface area (Å²) in [5.41, 5.74) is 0. The molecule has 0 aliphatic rings. The van der Waals surface area contributed by atoms with Crippen LogP contribution in [0.5, 0.6) is 0 Å². The van der Waals surface area contributed by atoms with Gasteiger partial charge in [0.2, 0.25) is 0 Å². The normalized spacial score (nSPS) is 12.3. The highest BCUT2D eigenvalue weighted by Gasteiger charge is 2.07. The van der Waals surface area contributed by atoms with Gasteiger partial charge in [0, 0.05) is 45.8 Å². The van der Waals surface area contributed by atoms with Crippen LogP contribution in [0.3, 0.4) is 0 Å². The number of nitrogens with one attached hydrogen (secondary N) is 1. The fraction of sp³-hybridized carbons (Fsp3) is 1.00. The molecular formula is C14H34N4. The first kappa shape index (κ1) is 17.8. The SMILES string of the molecule is CC(C)CN(CCNCCN(C)C)CCN(C)C. The zero-order valence-corrected chi connectivity index (χ0v) is 13.4. The van der Waals surface area contributed by atoms with Crippen molar-refractivity contribution in [2.24, 2.45) is 5.92 Å². The van der Waals surface area contributed by atoms with Crippen LogP contribution in [0, 0.1) is 5.92 Å². The molecule has 0 unspecified atom stereocenters. The van der Waals surface area contributed by atoms with Gasteiger partial charge in [-0.3, -0.25) is 0 Å². The van der Waals surface area contributed by atoms with E-state index in [0.29, 0.717) is 0 Å². The number of nitrogens with zero attached hydrogens (tertiary/aromatic N) is 3. The second-order valence-corrected chi connectivity index (χ2v) is 6.05. The van der Waals surface area contributed by atoms with Gasteiger partial charge >= 0.3 is 0 Å². The van der Waals surface area contributed by atoms with Crippen molar-refractivity contribution < 1.29 is 0 Å². The molecule has 0 fully saturated rings. The average Bonchev–Trinajstić information content (AvgIpc) is 2.23. The largest absolute Gasteiger partial charge is 0.314 e. The lowest BCUT2D eigenvalue weighted by atomic mass is 10.2. The van der Waals surface area contributed by atoms with Crippen LogP contribution in [-0.2, 0) is 0 Å².